The molecule has 0 unspecified atom stereocenters. The highest BCUT2D eigenvalue weighted by atomic mass is 32.1. The number of nitrogens with one attached hydrogen (secondary N) is 3. The van der Waals surface area contributed by atoms with Crippen molar-refractivity contribution in [3.05, 3.63) is 48.1 Å². The van der Waals surface area contributed by atoms with Crippen LogP contribution in [0.25, 0.3) is 11.3 Å². The largest absolute Gasteiger partial charge is 0.359 e. The van der Waals surface area contributed by atoms with Gasteiger partial charge in [-0.1, -0.05) is 30.3 Å². The number of nitrogens with zero attached hydrogens (tertiary/aromatic N) is 3. The van der Waals surface area contributed by atoms with Crippen molar-refractivity contribution in [3.63, 3.8) is 0 Å². The van der Waals surface area contributed by atoms with Gasteiger partial charge in [-0.3, -0.25) is 5.10 Å². The number of carbonyl (C=O) groups excluding carboxylic acids is 1. The molecule has 0 bridgehead atoms. The summed E-state index contributed by atoms with van der Waals surface area (Å²) in [5, 5.41) is 16.4. The van der Waals surface area contributed by atoms with Crippen LogP contribution in [0.4, 0.5) is 15.6 Å². The van der Waals surface area contributed by atoms with E-state index in [1.807, 2.05) is 40.6 Å². The van der Waals surface area contributed by atoms with E-state index < -0.39 is 0 Å². The van der Waals surface area contributed by atoms with Crippen molar-refractivity contribution in [2.24, 2.45) is 0 Å². The molecular weight excluding hydrogens is 348 g/mol. The minimum atomic E-state index is -0.0868. The number of rotatable bonds is 4. The van der Waals surface area contributed by atoms with Crippen molar-refractivity contribution in [1.82, 2.24) is 20.1 Å². The molecule has 1 fully saturated rings. The number of urea groups is 1. The van der Waals surface area contributed by atoms with Crippen LogP contribution in [0.15, 0.2) is 48.1 Å². The van der Waals surface area contributed by atoms with E-state index in [1.54, 1.807) is 23.7 Å². The summed E-state index contributed by atoms with van der Waals surface area (Å²) in [5.41, 5.74) is 2.51. The fourth-order valence-electron chi connectivity index (χ4n) is 3.10. The lowest BCUT2D eigenvalue weighted by Crippen LogP contribution is -2.44. The number of anilines is 2. The minimum Gasteiger partial charge on any atom is -0.359 e. The number of likely N-dealkylation sites (tertiary alicyclic amines) is 1. The third kappa shape index (κ3) is 3.70. The summed E-state index contributed by atoms with van der Waals surface area (Å²) in [6.45, 7) is 1.43. The Balaban J connectivity index is 1.34. The lowest BCUT2D eigenvalue weighted by atomic mass is 10.1. The van der Waals surface area contributed by atoms with Gasteiger partial charge in [-0.15, -0.1) is 11.3 Å². The second-order valence-electron chi connectivity index (χ2n) is 6.20. The van der Waals surface area contributed by atoms with E-state index in [1.165, 1.54) is 0 Å². The van der Waals surface area contributed by atoms with Crippen LogP contribution in [0.1, 0.15) is 12.8 Å². The number of hydrogen-bond donors (Lipinski definition) is 3. The Hall–Kier alpha value is -2.87. The van der Waals surface area contributed by atoms with Gasteiger partial charge in [0, 0.05) is 36.3 Å². The Morgan fingerprint density at radius 3 is 2.77 bits per heavy atom. The molecule has 1 aliphatic rings. The molecule has 0 spiro atoms. The first-order valence-corrected chi connectivity index (χ1v) is 9.48. The molecule has 1 saturated heterocycles. The number of piperidine rings is 1. The number of benzene rings is 1. The van der Waals surface area contributed by atoms with Crippen LogP contribution in [-0.2, 0) is 0 Å². The highest BCUT2D eigenvalue weighted by Crippen LogP contribution is 2.25. The van der Waals surface area contributed by atoms with Gasteiger partial charge in [-0.05, 0) is 12.8 Å². The van der Waals surface area contributed by atoms with Crippen molar-refractivity contribution < 1.29 is 4.79 Å². The van der Waals surface area contributed by atoms with Crippen LogP contribution >= 0.6 is 11.3 Å². The first-order chi connectivity index (χ1) is 12.8. The molecule has 3 N–H and O–H groups in total. The van der Waals surface area contributed by atoms with Gasteiger partial charge in [-0.2, -0.15) is 5.10 Å². The summed E-state index contributed by atoms with van der Waals surface area (Å²) in [6.07, 6.45) is 5.26. The van der Waals surface area contributed by atoms with E-state index >= 15 is 0 Å². The zero-order chi connectivity index (χ0) is 17.8. The van der Waals surface area contributed by atoms with Gasteiger partial charge >= 0.3 is 6.03 Å². The maximum Gasteiger partial charge on any atom is 0.321 e. The summed E-state index contributed by atoms with van der Waals surface area (Å²) in [4.78, 5) is 18.7. The summed E-state index contributed by atoms with van der Waals surface area (Å²) in [5.74, 6) is 0. The van der Waals surface area contributed by atoms with Crippen LogP contribution in [0.3, 0.4) is 0 Å². The second kappa shape index (κ2) is 7.57. The molecule has 1 aromatic carbocycles. The molecule has 3 heterocycles. The topological polar surface area (TPSA) is 85.9 Å². The highest BCUT2D eigenvalue weighted by Gasteiger charge is 2.24. The third-order valence-electron chi connectivity index (χ3n) is 4.49. The molecule has 7 nitrogen and oxygen atoms in total. The Labute approximate surface area is 155 Å². The van der Waals surface area contributed by atoms with E-state index in [4.69, 9.17) is 0 Å². The SMILES string of the molecule is O=C(Nc1cn[nH]c1-c1ccccc1)N1CCC(Nc2nccs2)CC1. The summed E-state index contributed by atoms with van der Waals surface area (Å²) in [6, 6.07) is 10.1. The van der Waals surface area contributed by atoms with E-state index in [0.29, 0.717) is 24.8 Å². The highest BCUT2D eigenvalue weighted by molar-refractivity contribution is 7.13. The molecule has 0 atom stereocenters. The molecule has 3 aromatic rings. The number of thiazole rings is 1. The van der Waals surface area contributed by atoms with Gasteiger partial charge < -0.3 is 15.5 Å². The fraction of sp³-hybridized carbons (Fsp3) is 0.278. The predicted octanol–water partition coefficient (Wildman–Crippen LogP) is 3.64. The number of amides is 2. The average Bonchev–Trinajstić information content (AvgIpc) is 3.35. The van der Waals surface area contributed by atoms with Gasteiger partial charge in [-0.25, -0.2) is 9.78 Å². The molecule has 134 valence electrons. The van der Waals surface area contributed by atoms with Crippen LogP contribution in [0.5, 0.6) is 0 Å². The number of hydrogen-bond acceptors (Lipinski definition) is 5. The molecule has 0 aliphatic carbocycles. The minimum absolute atomic E-state index is 0.0868. The summed E-state index contributed by atoms with van der Waals surface area (Å²) >= 11 is 1.60. The van der Waals surface area contributed by atoms with Gasteiger partial charge in [0.05, 0.1) is 17.6 Å². The normalized spacial score (nSPS) is 15.0. The lowest BCUT2D eigenvalue weighted by molar-refractivity contribution is 0.197. The Morgan fingerprint density at radius 2 is 2.04 bits per heavy atom. The number of aromatic amines is 1. The maximum atomic E-state index is 12.6. The van der Waals surface area contributed by atoms with E-state index in [9.17, 15) is 4.79 Å². The smallest absolute Gasteiger partial charge is 0.321 e. The van der Waals surface area contributed by atoms with Gasteiger partial charge in [0.2, 0.25) is 0 Å². The Kier molecular flexibility index (Phi) is 4.83. The number of carbonyl (C=O) groups is 1. The first kappa shape index (κ1) is 16.6. The standard InChI is InChI=1S/C18H20N6OS/c25-18(22-15-12-20-23-16(15)13-4-2-1-3-5-13)24-9-6-14(7-10-24)21-17-19-8-11-26-17/h1-5,8,11-12,14H,6-7,9-10H2,(H,19,21)(H,20,23)(H,22,25). The third-order valence-corrected chi connectivity index (χ3v) is 5.19. The molecule has 1 aliphatic heterocycles. The van der Waals surface area contributed by atoms with Crippen molar-refractivity contribution in [2.75, 3.05) is 23.7 Å². The van der Waals surface area contributed by atoms with E-state index in [0.717, 1.165) is 29.2 Å². The van der Waals surface area contributed by atoms with E-state index in [-0.39, 0.29) is 6.03 Å². The van der Waals surface area contributed by atoms with Crippen molar-refractivity contribution >= 4 is 28.2 Å². The predicted molar refractivity (Wildman–Crippen MR) is 103 cm³/mol. The lowest BCUT2D eigenvalue weighted by Gasteiger charge is -2.32. The zero-order valence-electron chi connectivity index (χ0n) is 14.2. The molecule has 2 aromatic heterocycles. The average molecular weight is 368 g/mol. The first-order valence-electron chi connectivity index (χ1n) is 8.60. The maximum absolute atomic E-state index is 12.6. The van der Waals surface area contributed by atoms with Crippen molar-refractivity contribution in [1.29, 1.82) is 0 Å². The van der Waals surface area contributed by atoms with Crippen LogP contribution in [0.2, 0.25) is 0 Å². The molecule has 4 rings (SSSR count). The number of aromatic nitrogens is 3. The van der Waals surface area contributed by atoms with Crippen molar-refractivity contribution in [2.45, 2.75) is 18.9 Å². The number of H-pyrrole nitrogens is 1. The Morgan fingerprint density at radius 1 is 1.23 bits per heavy atom. The molecule has 0 radical (unpaired) electrons. The zero-order valence-corrected chi connectivity index (χ0v) is 15.0. The van der Waals surface area contributed by atoms with Gasteiger partial charge in [0.1, 0.15) is 0 Å². The van der Waals surface area contributed by atoms with E-state index in [2.05, 4.69) is 25.8 Å². The molecule has 8 heteroatoms. The quantitative estimate of drug-likeness (QED) is 0.656. The van der Waals surface area contributed by atoms with Crippen LogP contribution < -0.4 is 10.6 Å². The van der Waals surface area contributed by atoms with Crippen LogP contribution in [-0.4, -0.2) is 45.2 Å². The summed E-state index contributed by atoms with van der Waals surface area (Å²) in [7, 11) is 0. The Bertz CT molecular complexity index is 840. The van der Waals surface area contributed by atoms with Gasteiger partial charge in [0.25, 0.3) is 0 Å². The summed E-state index contributed by atoms with van der Waals surface area (Å²) < 4.78 is 0. The van der Waals surface area contributed by atoms with Crippen molar-refractivity contribution in [3.8, 4) is 11.3 Å². The fourth-order valence-corrected chi connectivity index (χ4v) is 3.70. The second-order valence-corrected chi connectivity index (χ2v) is 7.09. The molecular formula is C18H20N6OS. The molecule has 26 heavy (non-hydrogen) atoms. The molecule has 0 saturated carbocycles. The monoisotopic (exact) mass is 368 g/mol. The van der Waals surface area contributed by atoms with Crippen LogP contribution in [0, 0.1) is 0 Å². The molecule has 2 amide bonds. The van der Waals surface area contributed by atoms with Gasteiger partial charge in [0.15, 0.2) is 5.13 Å².